The summed E-state index contributed by atoms with van der Waals surface area (Å²) in [6.45, 7) is 17.7. The monoisotopic (exact) mass is 940 g/mol. The van der Waals surface area contributed by atoms with Crippen molar-refractivity contribution in [3.05, 3.63) is 164 Å². The maximum Gasteiger partial charge on any atom is 0.416 e. The fourth-order valence-corrected chi connectivity index (χ4v) is 8.35. The SMILES string of the molecule is [C-]#[N+]C1(N)CCC(CO[C@H](C)c2cc(C(F)(F)F)cc(C(F)(F)F)c2)(c2ccccc2)CC1.[C-]#[N+]C1(N)CCC(CO[C@H](C)c2cc(C(F)(F)F)cc(C(F)(F)F)c2)(c2ccccc2)CC1. The first-order valence-electron chi connectivity index (χ1n) is 20.8. The van der Waals surface area contributed by atoms with E-state index in [-0.39, 0.29) is 36.5 Å². The molecular weight excluding hydrogens is 893 g/mol. The molecule has 0 heterocycles. The van der Waals surface area contributed by atoms with Gasteiger partial charge in [-0.05, 0) is 98.2 Å². The second kappa shape index (κ2) is 19.6. The summed E-state index contributed by atoms with van der Waals surface area (Å²) in [5.41, 5.74) is 5.15. The van der Waals surface area contributed by atoms with Crippen LogP contribution in [-0.4, -0.2) is 24.5 Å². The third kappa shape index (κ3) is 12.6. The fraction of sp³-hybridized carbons (Fsp3) is 0.458. The minimum absolute atomic E-state index is 0.0733. The van der Waals surface area contributed by atoms with Crippen molar-refractivity contribution in [1.82, 2.24) is 0 Å². The predicted molar refractivity (Wildman–Crippen MR) is 222 cm³/mol. The molecule has 2 saturated carbocycles. The molecule has 2 aliphatic rings. The second-order valence-electron chi connectivity index (χ2n) is 17.3. The third-order valence-corrected chi connectivity index (χ3v) is 12.7. The van der Waals surface area contributed by atoms with E-state index < -0.39 is 81.3 Å². The highest BCUT2D eigenvalue weighted by Crippen LogP contribution is 2.47. The number of nitrogens with zero attached hydrogens (tertiary/aromatic N) is 2. The van der Waals surface area contributed by atoms with E-state index in [1.54, 1.807) is 0 Å². The first-order chi connectivity index (χ1) is 30.6. The van der Waals surface area contributed by atoms with Crippen LogP contribution in [0.5, 0.6) is 0 Å². The normalized spacial score (nSPS) is 24.8. The predicted octanol–water partition coefficient (Wildman–Crippen LogP) is 13.8. The van der Waals surface area contributed by atoms with Crippen molar-refractivity contribution in [3.63, 3.8) is 0 Å². The summed E-state index contributed by atoms with van der Waals surface area (Å²) >= 11 is 0. The van der Waals surface area contributed by atoms with E-state index in [2.05, 4.69) is 9.69 Å². The Morgan fingerprint density at radius 3 is 0.955 bits per heavy atom. The number of hydrogen-bond acceptors (Lipinski definition) is 4. The van der Waals surface area contributed by atoms with E-state index in [0.717, 1.165) is 11.1 Å². The van der Waals surface area contributed by atoms with Crippen molar-refractivity contribution in [2.75, 3.05) is 13.2 Å². The zero-order valence-electron chi connectivity index (χ0n) is 35.9. The fourth-order valence-electron chi connectivity index (χ4n) is 8.35. The highest BCUT2D eigenvalue weighted by Gasteiger charge is 2.48. The molecule has 0 spiro atoms. The molecule has 0 radical (unpaired) electrons. The van der Waals surface area contributed by atoms with Gasteiger partial charge in [0, 0.05) is 36.5 Å². The van der Waals surface area contributed by atoms with Gasteiger partial charge in [0.15, 0.2) is 0 Å². The molecule has 2 aliphatic carbocycles. The average molecular weight is 941 g/mol. The van der Waals surface area contributed by atoms with Crippen LogP contribution in [0, 0.1) is 13.1 Å². The Hall–Kier alpha value is -5.14. The highest BCUT2D eigenvalue weighted by atomic mass is 19.4. The van der Waals surface area contributed by atoms with Crippen LogP contribution in [-0.2, 0) is 45.0 Å². The molecule has 0 unspecified atom stereocenters. The number of nitrogens with two attached hydrogens (primary N) is 2. The summed E-state index contributed by atoms with van der Waals surface area (Å²) in [4.78, 5) is 7.04. The molecule has 2 atom stereocenters. The molecule has 4 aromatic carbocycles. The largest absolute Gasteiger partial charge is 0.416 e. The van der Waals surface area contributed by atoms with E-state index >= 15 is 0 Å². The molecule has 4 aromatic rings. The summed E-state index contributed by atoms with van der Waals surface area (Å²) in [7, 11) is 0. The molecule has 6 nitrogen and oxygen atoms in total. The Bertz CT molecular complexity index is 2110. The summed E-state index contributed by atoms with van der Waals surface area (Å²) in [6, 6.07) is 21.7. The number of alkyl halides is 12. The number of benzene rings is 4. The zero-order chi connectivity index (χ0) is 49.0. The smallest absolute Gasteiger partial charge is 0.373 e. The van der Waals surface area contributed by atoms with Crippen molar-refractivity contribution in [1.29, 1.82) is 0 Å². The van der Waals surface area contributed by atoms with Crippen molar-refractivity contribution < 1.29 is 62.2 Å². The van der Waals surface area contributed by atoms with Gasteiger partial charge >= 0.3 is 24.7 Å². The summed E-state index contributed by atoms with van der Waals surface area (Å²) in [5.74, 6) is 0. The van der Waals surface area contributed by atoms with Crippen LogP contribution >= 0.6 is 0 Å². The van der Waals surface area contributed by atoms with Gasteiger partial charge in [-0.25, -0.2) is 13.1 Å². The molecule has 0 aliphatic heterocycles. The van der Waals surface area contributed by atoms with Crippen LogP contribution in [0.15, 0.2) is 97.1 Å². The lowest BCUT2D eigenvalue weighted by Gasteiger charge is -2.41. The highest BCUT2D eigenvalue weighted by molar-refractivity contribution is 5.36. The lowest BCUT2D eigenvalue weighted by molar-refractivity contribution is -0.145. The number of ether oxygens (including phenoxy) is 2. The van der Waals surface area contributed by atoms with Crippen molar-refractivity contribution in [3.8, 4) is 0 Å². The zero-order valence-corrected chi connectivity index (χ0v) is 35.9. The molecule has 66 heavy (non-hydrogen) atoms. The molecule has 0 aromatic heterocycles. The van der Waals surface area contributed by atoms with Gasteiger partial charge in [0.1, 0.15) is 0 Å². The minimum Gasteiger partial charge on any atom is -0.373 e. The van der Waals surface area contributed by atoms with Crippen LogP contribution in [0.4, 0.5) is 52.7 Å². The van der Waals surface area contributed by atoms with Gasteiger partial charge in [-0.15, -0.1) is 0 Å². The van der Waals surface area contributed by atoms with E-state index in [1.807, 2.05) is 60.7 Å². The van der Waals surface area contributed by atoms with E-state index in [1.165, 1.54) is 13.8 Å². The van der Waals surface area contributed by atoms with Crippen molar-refractivity contribution in [2.24, 2.45) is 11.5 Å². The van der Waals surface area contributed by atoms with Gasteiger partial charge in [-0.1, -0.05) is 60.7 Å². The van der Waals surface area contributed by atoms with Crippen molar-refractivity contribution in [2.45, 2.75) is 124 Å². The van der Waals surface area contributed by atoms with E-state index in [9.17, 15) is 52.7 Å². The molecule has 0 bridgehead atoms. The molecule has 0 amide bonds. The molecule has 0 saturated heterocycles. The molecule has 2 fully saturated rings. The van der Waals surface area contributed by atoms with Gasteiger partial charge in [0.05, 0.1) is 47.7 Å². The summed E-state index contributed by atoms with van der Waals surface area (Å²) in [5, 5.41) is 0. The van der Waals surface area contributed by atoms with Crippen LogP contribution in [0.2, 0.25) is 0 Å². The van der Waals surface area contributed by atoms with E-state index in [4.69, 9.17) is 34.1 Å². The van der Waals surface area contributed by atoms with Gasteiger partial charge in [0.25, 0.3) is 11.3 Å². The van der Waals surface area contributed by atoms with Crippen LogP contribution < -0.4 is 11.5 Å². The Morgan fingerprint density at radius 1 is 0.470 bits per heavy atom. The lowest BCUT2D eigenvalue weighted by atomic mass is 9.67. The summed E-state index contributed by atoms with van der Waals surface area (Å²) in [6.07, 6.45) is -18.0. The minimum atomic E-state index is -4.92. The molecule has 6 rings (SSSR count). The summed E-state index contributed by atoms with van der Waals surface area (Å²) < 4.78 is 170. The average Bonchev–Trinajstić information content (AvgIpc) is 3.28. The first-order valence-corrected chi connectivity index (χ1v) is 20.8. The molecule has 4 N–H and O–H groups in total. The quantitative estimate of drug-likeness (QED) is 0.123. The Labute approximate surface area is 374 Å². The van der Waals surface area contributed by atoms with Crippen molar-refractivity contribution >= 4 is 0 Å². The van der Waals surface area contributed by atoms with Crippen LogP contribution in [0.3, 0.4) is 0 Å². The van der Waals surface area contributed by atoms with Gasteiger partial charge in [0.2, 0.25) is 0 Å². The number of hydrogen-bond donors (Lipinski definition) is 2. The van der Waals surface area contributed by atoms with E-state index in [0.29, 0.717) is 75.6 Å². The molecule has 18 heteroatoms. The van der Waals surface area contributed by atoms with Gasteiger partial charge < -0.3 is 9.47 Å². The van der Waals surface area contributed by atoms with Gasteiger partial charge in [-0.3, -0.25) is 21.2 Å². The third-order valence-electron chi connectivity index (χ3n) is 12.7. The maximum absolute atomic E-state index is 13.2. The second-order valence-corrected chi connectivity index (χ2v) is 17.3. The lowest BCUT2D eigenvalue weighted by Crippen LogP contribution is -2.47. The van der Waals surface area contributed by atoms with Gasteiger partial charge in [-0.2, -0.15) is 52.7 Å². The van der Waals surface area contributed by atoms with Crippen LogP contribution in [0.25, 0.3) is 9.69 Å². The Kier molecular flexibility index (Phi) is 15.4. The molecule has 356 valence electrons. The standard InChI is InChI=1S/2C24H24F6N2O/c2*1-16(17-12-19(23(25,26)27)14-20(13-17)24(28,29)30)33-15-21(18-6-4-3-5-7-18)8-10-22(31,32-2)11-9-21/h2*3-7,12-14,16H,8-11,15,31H2,1H3/t2*16-,21?,22?/m11/s1. The Morgan fingerprint density at radius 2 is 0.727 bits per heavy atom. The first kappa shape index (κ1) is 51.8. The topological polar surface area (TPSA) is 79.2 Å². The Balaban J connectivity index is 0.000000247. The maximum atomic E-state index is 13.2. The molecular formula is C48H48F12N4O2. The number of rotatable bonds is 10. The number of halogens is 12. The van der Waals surface area contributed by atoms with Crippen LogP contribution in [0.1, 0.15) is 122 Å².